The molecular formula is C62H51N. The first-order chi connectivity index (χ1) is 31.2. The van der Waals surface area contributed by atoms with Gasteiger partial charge in [-0.3, -0.25) is 4.90 Å². The molecule has 9 aromatic carbocycles. The van der Waals surface area contributed by atoms with Crippen molar-refractivity contribution in [1.82, 2.24) is 4.90 Å². The highest BCUT2D eigenvalue weighted by atomic mass is 15.3. The first-order valence-electron chi connectivity index (χ1n) is 22.4. The molecule has 0 aromatic heterocycles. The Morgan fingerprint density at radius 2 is 0.540 bits per heavy atom. The van der Waals surface area contributed by atoms with Crippen molar-refractivity contribution in [3.8, 4) is 0 Å². The van der Waals surface area contributed by atoms with Gasteiger partial charge < -0.3 is 0 Å². The molecule has 0 saturated carbocycles. The van der Waals surface area contributed by atoms with E-state index >= 15 is 0 Å². The first kappa shape index (κ1) is 38.8. The molecule has 0 aliphatic carbocycles. The van der Waals surface area contributed by atoms with Crippen molar-refractivity contribution in [3.63, 3.8) is 0 Å². The van der Waals surface area contributed by atoms with Crippen LogP contribution in [0.25, 0.3) is 0 Å². The van der Waals surface area contributed by atoms with Gasteiger partial charge in [0.1, 0.15) is 0 Å². The van der Waals surface area contributed by atoms with Crippen LogP contribution in [0.5, 0.6) is 0 Å². The average Bonchev–Trinajstić information content (AvgIpc) is 3.61. The number of hydrogen-bond acceptors (Lipinski definition) is 1. The number of rotatable bonds is 9. The maximum absolute atomic E-state index is 2.92. The summed E-state index contributed by atoms with van der Waals surface area (Å²) in [5.41, 5.74) is 7.40. The summed E-state index contributed by atoms with van der Waals surface area (Å²) in [5, 5.41) is 0. The van der Waals surface area contributed by atoms with Gasteiger partial charge in [0.15, 0.2) is 0 Å². The second-order valence-electron chi connectivity index (χ2n) is 17.5. The minimum Gasteiger partial charge on any atom is -0.284 e. The fraction of sp³-hybridized carbons (Fsp3) is 0.129. The molecule has 2 saturated heterocycles. The summed E-state index contributed by atoms with van der Waals surface area (Å²) in [5.74, 6) is -0.0344. The lowest BCUT2D eigenvalue weighted by Crippen LogP contribution is -2.83. The summed E-state index contributed by atoms with van der Waals surface area (Å²) in [6, 6.07) is 104. The Labute approximate surface area is 373 Å². The molecule has 2 aliphatic heterocycles. The van der Waals surface area contributed by atoms with E-state index < -0.39 is 27.3 Å². The van der Waals surface area contributed by atoms with Crippen molar-refractivity contribution in [1.29, 1.82) is 0 Å². The van der Waals surface area contributed by atoms with Crippen molar-refractivity contribution in [2.75, 3.05) is 7.05 Å². The molecule has 1 heteroatoms. The third kappa shape index (κ3) is 4.97. The molecular weight excluding hydrogens is 759 g/mol. The van der Waals surface area contributed by atoms with Gasteiger partial charge in [0.2, 0.25) is 0 Å². The smallest absolute Gasteiger partial charge is 0.0686 e. The minimum absolute atomic E-state index is 0.0344. The lowest BCUT2D eigenvalue weighted by molar-refractivity contribution is -0.131. The summed E-state index contributed by atoms with van der Waals surface area (Å²) in [6.45, 7) is 0. The highest BCUT2D eigenvalue weighted by Crippen LogP contribution is 2.85. The first-order valence-corrected chi connectivity index (χ1v) is 22.4. The van der Waals surface area contributed by atoms with Crippen molar-refractivity contribution in [3.05, 3.63) is 323 Å². The van der Waals surface area contributed by atoms with Crippen molar-refractivity contribution < 1.29 is 0 Å². The fourth-order valence-electron chi connectivity index (χ4n) is 13.8. The Morgan fingerprint density at radius 1 is 0.286 bits per heavy atom. The third-order valence-corrected chi connectivity index (χ3v) is 15.3. The molecule has 63 heavy (non-hydrogen) atoms. The van der Waals surface area contributed by atoms with Crippen LogP contribution in [0.3, 0.4) is 0 Å². The van der Waals surface area contributed by atoms with E-state index in [0.717, 1.165) is 6.42 Å². The fourth-order valence-corrected chi connectivity index (χ4v) is 13.8. The monoisotopic (exact) mass is 809 g/mol. The van der Waals surface area contributed by atoms with Crippen LogP contribution in [0, 0.1) is 0 Å². The van der Waals surface area contributed by atoms with E-state index in [1.165, 1.54) is 50.1 Å². The summed E-state index contributed by atoms with van der Waals surface area (Å²) < 4.78 is 0. The third-order valence-electron chi connectivity index (χ3n) is 15.3. The minimum atomic E-state index is -0.907. The van der Waals surface area contributed by atoms with Crippen LogP contribution >= 0.6 is 0 Å². The number of nitrogens with zero attached hydrogens (tertiary/aromatic N) is 1. The summed E-state index contributed by atoms with van der Waals surface area (Å²) >= 11 is 0. The van der Waals surface area contributed by atoms with Crippen LogP contribution < -0.4 is 0 Å². The van der Waals surface area contributed by atoms with E-state index in [0.29, 0.717) is 0 Å². The zero-order valence-corrected chi connectivity index (χ0v) is 35.7. The molecule has 3 atom stereocenters. The molecule has 2 fully saturated rings. The van der Waals surface area contributed by atoms with Gasteiger partial charge >= 0.3 is 0 Å². The number of piperidine rings is 1. The largest absolute Gasteiger partial charge is 0.284 e. The maximum atomic E-state index is 2.92. The standard InChI is InChI=1S/C62H51N/c1-63-58(49-31-13-3-14-32-49)47-57(48-29-11-2-12-30-48)62(63,56-45-27-10-28-46-56)61(54-41-23-8-24-42-54,55-43-25-9-26-44-55)60(52-37-19-6-20-38-52,53-39-21-7-22-40-53)59(58,50-33-15-4-16-34-50)51-35-17-5-18-36-51/h2-46,57H,47H2,1H3. The van der Waals surface area contributed by atoms with Crippen molar-refractivity contribution >= 4 is 0 Å². The zero-order valence-electron chi connectivity index (χ0n) is 35.7. The molecule has 11 rings (SSSR count). The van der Waals surface area contributed by atoms with Crippen LogP contribution in [-0.2, 0) is 27.3 Å². The van der Waals surface area contributed by atoms with Crippen LogP contribution in [0.4, 0.5) is 0 Å². The Hall–Kier alpha value is -7.06. The van der Waals surface area contributed by atoms with Gasteiger partial charge in [-0.1, -0.05) is 273 Å². The molecule has 1 nitrogen and oxygen atoms in total. The van der Waals surface area contributed by atoms with Crippen LogP contribution in [0.2, 0.25) is 0 Å². The summed E-state index contributed by atoms with van der Waals surface area (Å²) in [7, 11) is 2.49. The Bertz CT molecular complexity index is 2790. The Morgan fingerprint density at radius 3 is 0.873 bits per heavy atom. The molecule has 0 amide bonds. The van der Waals surface area contributed by atoms with E-state index in [1.54, 1.807) is 0 Å². The van der Waals surface area contributed by atoms with E-state index in [1.807, 2.05) is 0 Å². The van der Waals surface area contributed by atoms with Crippen LogP contribution in [-0.4, -0.2) is 11.9 Å². The Balaban J connectivity index is 1.58. The van der Waals surface area contributed by atoms with Crippen molar-refractivity contribution in [2.24, 2.45) is 0 Å². The molecule has 2 aliphatic rings. The number of hydrogen-bond donors (Lipinski definition) is 0. The summed E-state index contributed by atoms with van der Waals surface area (Å²) in [4.78, 5) is 2.92. The zero-order chi connectivity index (χ0) is 42.4. The molecule has 9 aromatic rings. The Kier molecular flexibility index (Phi) is 9.48. The molecule has 0 N–H and O–H groups in total. The van der Waals surface area contributed by atoms with E-state index in [2.05, 4.69) is 285 Å². The van der Waals surface area contributed by atoms with Gasteiger partial charge in [-0.05, 0) is 63.5 Å². The lowest BCUT2D eigenvalue weighted by atomic mass is 9.30. The van der Waals surface area contributed by atoms with Crippen molar-refractivity contribution in [2.45, 2.75) is 39.7 Å². The predicted octanol–water partition coefficient (Wildman–Crippen LogP) is 13.9. The van der Waals surface area contributed by atoms with E-state index in [-0.39, 0.29) is 5.92 Å². The van der Waals surface area contributed by atoms with Crippen LogP contribution in [0.1, 0.15) is 62.4 Å². The van der Waals surface area contributed by atoms with Gasteiger partial charge in [0.25, 0.3) is 0 Å². The van der Waals surface area contributed by atoms with Gasteiger partial charge in [-0.15, -0.1) is 0 Å². The second-order valence-corrected chi connectivity index (χ2v) is 17.5. The highest BCUT2D eigenvalue weighted by Gasteiger charge is 2.88. The van der Waals surface area contributed by atoms with Crippen LogP contribution in [0.15, 0.2) is 273 Å². The number of benzene rings is 9. The summed E-state index contributed by atoms with van der Waals surface area (Å²) in [6.07, 6.45) is 0.818. The van der Waals surface area contributed by atoms with Gasteiger partial charge in [-0.25, -0.2) is 0 Å². The number of fused-ring (bicyclic) bond motifs is 2. The quantitative estimate of drug-likeness (QED) is 0.140. The molecule has 2 heterocycles. The maximum Gasteiger partial charge on any atom is 0.0686 e. The average molecular weight is 810 g/mol. The van der Waals surface area contributed by atoms with Gasteiger partial charge in [-0.2, -0.15) is 0 Å². The van der Waals surface area contributed by atoms with E-state index in [4.69, 9.17) is 0 Å². The topological polar surface area (TPSA) is 3.24 Å². The normalized spacial score (nSPS) is 22.0. The molecule has 0 spiro atoms. The van der Waals surface area contributed by atoms with Gasteiger partial charge in [0, 0.05) is 5.92 Å². The molecule has 2 bridgehead atoms. The highest BCUT2D eigenvalue weighted by molar-refractivity contribution is 5.74. The van der Waals surface area contributed by atoms with E-state index in [9.17, 15) is 0 Å². The molecule has 0 radical (unpaired) electrons. The van der Waals surface area contributed by atoms with Gasteiger partial charge in [0.05, 0.1) is 27.3 Å². The second kappa shape index (κ2) is 15.4. The molecule has 3 unspecified atom stereocenters. The predicted molar refractivity (Wildman–Crippen MR) is 259 cm³/mol. The molecule has 304 valence electrons. The lowest BCUT2D eigenvalue weighted by Gasteiger charge is -2.77. The SMILES string of the molecule is CN1C2(c3ccccc3)CC(c3ccccc3)C1(c1ccccc1)C(c1ccccc1)(c1ccccc1)C(c1ccccc1)(c1ccccc1)C2(c1ccccc1)c1ccccc1. The number of likely N-dealkylation sites (N-methyl/N-ethyl adjacent to an activating group) is 1.